The third kappa shape index (κ3) is 3.41. The molecule has 0 aromatic rings. The van der Waals surface area contributed by atoms with E-state index < -0.39 is 29.9 Å². The lowest BCUT2D eigenvalue weighted by atomic mass is 10.2. The highest BCUT2D eigenvalue weighted by molar-refractivity contribution is 7.99. The van der Waals surface area contributed by atoms with E-state index in [2.05, 4.69) is 5.32 Å². The van der Waals surface area contributed by atoms with Crippen LogP contribution in [0.2, 0.25) is 0 Å². The monoisotopic (exact) mass is 301 g/mol. The fourth-order valence-electron chi connectivity index (χ4n) is 2.23. The number of carbonyl (C=O) groups excluding carboxylic acids is 3. The second kappa shape index (κ2) is 6.12. The Balaban J connectivity index is 2.06. The van der Waals surface area contributed by atoms with Crippen LogP contribution in [-0.4, -0.2) is 75.9 Å². The van der Waals surface area contributed by atoms with E-state index in [1.165, 1.54) is 4.90 Å². The first-order valence-electron chi connectivity index (χ1n) is 6.15. The maximum Gasteiger partial charge on any atom is 0.321 e. The number of imide groups is 1. The second-order valence-electron chi connectivity index (χ2n) is 4.63. The molecule has 110 valence electrons. The number of carbonyl (C=O) groups is 4. The van der Waals surface area contributed by atoms with E-state index in [1.807, 2.05) is 0 Å². The Hall–Kier alpha value is -1.77. The topological polar surface area (TPSA) is 107 Å². The number of amides is 4. The van der Waals surface area contributed by atoms with Crippen LogP contribution in [0.3, 0.4) is 0 Å². The van der Waals surface area contributed by atoms with Gasteiger partial charge in [0.15, 0.2) is 0 Å². The molecule has 2 rings (SSSR count). The number of aliphatic carboxylic acids is 1. The van der Waals surface area contributed by atoms with Crippen LogP contribution in [0.5, 0.6) is 0 Å². The number of rotatable bonds is 2. The van der Waals surface area contributed by atoms with Crippen LogP contribution in [0.15, 0.2) is 0 Å². The van der Waals surface area contributed by atoms with Crippen molar-refractivity contribution in [2.75, 3.05) is 31.1 Å². The summed E-state index contributed by atoms with van der Waals surface area (Å²) in [6.07, 6.45) is -0.132. The molecule has 2 aliphatic rings. The van der Waals surface area contributed by atoms with Crippen LogP contribution < -0.4 is 5.32 Å². The van der Waals surface area contributed by atoms with E-state index in [1.54, 1.807) is 11.8 Å². The molecule has 0 spiro atoms. The van der Waals surface area contributed by atoms with Gasteiger partial charge in [-0.05, 0) is 0 Å². The Morgan fingerprint density at radius 2 is 1.95 bits per heavy atom. The molecule has 4 amide bonds. The molecule has 0 saturated carbocycles. The number of urea groups is 1. The van der Waals surface area contributed by atoms with Crippen molar-refractivity contribution in [3.05, 3.63) is 0 Å². The zero-order valence-corrected chi connectivity index (χ0v) is 11.5. The van der Waals surface area contributed by atoms with Crippen LogP contribution in [0.4, 0.5) is 4.79 Å². The molecular weight excluding hydrogens is 286 g/mol. The summed E-state index contributed by atoms with van der Waals surface area (Å²) in [7, 11) is 0. The maximum atomic E-state index is 12.4. The summed E-state index contributed by atoms with van der Waals surface area (Å²) in [5.41, 5.74) is 0. The van der Waals surface area contributed by atoms with Gasteiger partial charge >= 0.3 is 12.0 Å². The van der Waals surface area contributed by atoms with Gasteiger partial charge < -0.3 is 14.9 Å². The van der Waals surface area contributed by atoms with Gasteiger partial charge in [-0.2, -0.15) is 11.8 Å². The number of hydrogen-bond acceptors (Lipinski definition) is 5. The summed E-state index contributed by atoms with van der Waals surface area (Å²) >= 11 is 1.59. The number of nitrogens with zero attached hydrogens (tertiary/aromatic N) is 2. The molecule has 1 unspecified atom stereocenters. The number of carboxylic acids is 1. The SMILES string of the molecule is O=C(O)CC1CSCCN1C(=O)N1CC(=O)NC(=O)C1. The molecule has 9 heteroatoms. The fourth-order valence-corrected chi connectivity index (χ4v) is 3.29. The van der Waals surface area contributed by atoms with Crippen molar-refractivity contribution in [1.29, 1.82) is 0 Å². The minimum Gasteiger partial charge on any atom is -0.481 e. The normalized spacial score (nSPS) is 23.5. The van der Waals surface area contributed by atoms with Crippen molar-refractivity contribution in [3.63, 3.8) is 0 Å². The Labute approximate surface area is 119 Å². The highest BCUT2D eigenvalue weighted by Crippen LogP contribution is 2.20. The molecule has 2 fully saturated rings. The number of hydrogen-bond donors (Lipinski definition) is 2. The molecule has 0 bridgehead atoms. The van der Waals surface area contributed by atoms with Crippen molar-refractivity contribution < 1.29 is 24.3 Å². The molecular formula is C11H15N3O5S. The third-order valence-electron chi connectivity index (χ3n) is 3.10. The molecule has 8 nitrogen and oxygen atoms in total. The average molecular weight is 301 g/mol. The van der Waals surface area contributed by atoms with Crippen LogP contribution >= 0.6 is 11.8 Å². The van der Waals surface area contributed by atoms with E-state index in [0.717, 1.165) is 10.7 Å². The molecule has 2 saturated heterocycles. The first-order valence-corrected chi connectivity index (χ1v) is 7.30. The molecule has 1 atom stereocenters. The maximum absolute atomic E-state index is 12.4. The van der Waals surface area contributed by atoms with Gasteiger partial charge in [-0.1, -0.05) is 0 Å². The quantitative estimate of drug-likeness (QED) is 0.631. The molecule has 20 heavy (non-hydrogen) atoms. The van der Waals surface area contributed by atoms with Gasteiger partial charge in [-0.15, -0.1) is 0 Å². The molecule has 0 aliphatic carbocycles. The van der Waals surface area contributed by atoms with Gasteiger partial charge in [-0.3, -0.25) is 19.7 Å². The van der Waals surface area contributed by atoms with Crippen molar-refractivity contribution in [3.8, 4) is 0 Å². The van der Waals surface area contributed by atoms with Crippen LogP contribution in [0.25, 0.3) is 0 Å². The first-order chi connectivity index (χ1) is 9.47. The van der Waals surface area contributed by atoms with Crippen molar-refractivity contribution >= 4 is 35.6 Å². The summed E-state index contributed by atoms with van der Waals surface area (Å²) in [6.45, 7) is 0.0791. The van der Waals surface area contributed by atoms with Gasteiger partial charge in [0.2, 0.25) is 11.8 Å². The fraction of sp³-hybridized carbons (Fsp3) is 0.636. The van der Waals surface area contributed by atoms with Gasteiger partial charge in [0.25, 0.3) is 0 Å². The van der Waals surface area contributed by atoms with Crippen LogP contribution in [-0.2, 0) is 14.4 Å². The zero-order chi connectivity index (χ0) is 14.7. The standard InChI is InChI=1S/C11H15N3O5S/c15-8-4-13(5-9(16)12-8)11(19)14-1-2-20-6-7(14)3-10(17)18/h7H,1-6H2,(H,17,18)(H,12,15,16). The highest BCUT2D eigenvalue weighted by Gasteiger charge is 2.35. The number of thioether (sulfide) groups is 1. The summed E-state index contributed by atoms with van der Waals surface area (Å²) in [5.74, 6) is -0.740. The summed E-state index contributed by atoms with van der Waals surface area (Å²) < 4.78 is 0. The largest absolute Gasteiger partial charge is 0.481 e. The van der Waals surface area contributed by atoms with E-state index in [9.17, 15) is 19.2 Å². The van der Waals surface area contributed by atoms with Crippen molar-refractivity contribution in [2.24, 2.45) is 0 Å². The predicted octanol–water partition coefficient (Wildman–Crippen LogP) is -1.04. The smallest absolute Gasteiger partial charge is 0.321 e. The van der Waals surface area contributed by atoms with Gasteiger partial charge in [0.1, 0.15) is 13.1 Å². The van der Waals surface area contributed by atoms with E-state index in [0.29, 0.717) is 12.3 Å². The zero-order valence-electron chi connectivity index (χ0n) is 10.7. The first kappa shape index (κ1) is 14.6. The molecule has 0 aromatic heterocycles. The van der Waals surface area contributed by atoms with E-state index in [-0.39, 0.29) is 19.5 Å². The molecule has 2 N–H and O–H groups in total. The minimum atomic E-state index is -0.970. The van der Waals surface area contributed by atoms with Gasteiger partial charge in [-0.25, -0.2) is 4.79 Å². The van der Waals surface area contributed by atoms with Crippen LogP contribution in [0, 0.1) is 0 Å². The van der Waals surface area contributed by atoms with Gasteiger partial charge in [0.05, 0.1) is 12.5 Å². The van der Waals surface area contributed by atoms with Gasteiger partial charge in [0, 0.05) is 18.1 Å². The second-order valence-corrected chi connectivity index (χ2v) is 5.78. The van der Waals surface area contributed by atoms with E-state index >= 15 is 0 Å². The Morgan fingerprint density at radius 3 is 2.55 bits per heavy atom. The van der Waals surface area contributed by atoms with E-state index in [4.69, 9.17) is 5.11 Å². The highest BCUT2D eigenvalue weighted by atomic mass is 32.2. The van der Waals surface area contributed by atoms with Crippen molar-refractivity contribution in [1.82, 2.24) is 15.1 Å². The number of piperazine rings is 1. The summed E-state index contributed by atoms with van der Waals surface area (Å²) in [5, 5.41) is 11.0. The predicted molar refractivity (Wildman–Crippen MR) is 70.2 cm³/mol. The number of nitrogens with one attached hydrogen (secondary N) is 1. The lowest BCUT2D eigenvalue weighted by Crippen LogP contribution is -2.59. The minimum absolute atomic E-state index is 0.132. The number of carboxylic acid groups (broad SMARTS) is 1. The summed E-state index contributed by atoms with van der Waals surface area (Å²) in [4.78, 5) is 48.4. The lowest BCUT2D eigenvalue weighted by molar-refractivity contribution is -0.139. The Kier molecular flexibility index (Phi) is 4.48. The molecule has 2 heterocycles. The average Bonchev–Trinajstić information content (AvgIpc) is 2.36. The third-order valence-corrected chi connectivity index (χ3v) is 4.19. The van der Waals surface area contributed by atoms with Crippen molar-refractivity contribution in [2.45, 2.75) is 12.5 Å². The molecule has 0 radical (unpaired) electrons. The molecule has 0 aromatic carbocycles. The Morgan fingerprint density at radius 1 is 1.30 bits per heavy atom. The summed E-state index contributed by atoms with van der Waals surface area (Å²) in [6, 6.07) is -0.849. The van der Waals surface area contributed by atoms with Crippen LogP contribution in [0.1, 0.15) is 6.42 Å². The molecule has 2 aliphatic heterocycles. The Bertz CT molecular complexity index is 439. The lowest BCUT2D eigenvalue weighted by Gasteiger charge is -2.38.